The Hall–Kier alpha value is -0.470. The number of ether oxygens (including phenoxy) is 1. The molecule has 0 amide bonds. The Morgan fingerprint density at radius 1 is 1.47 bits per heavy atom. The molecule has 0 radical (unpaired) electrons. The van der Waals surface area contributed by atoms with E-state index in [0.29, 0.717) is 20.9 Å². The second-order valence-corrected chi connectivity index (χ2v) is 6.40. The molecule has 3 nitrogen and oxygen atoms in total. The number of imidazole rings is 1. The molecule has 0 bridgehead atoms. The number of hydrogen-bond donors (Lipinski definition) is 1. The van der Waals surface area contributed by atoms with Crippen LogP contribution in [0.15, 0.2) is 12.1 Å². The highest BCUT2D eigenvalue weighted by Crippen LogP contribution is 2.27. The molecule has 1 aromatic heterocycles. The van der Waals surface area contributed by atoms with Gasteiger partial charge in [0.25, 0.3) is 0 Å². The van der Waals surface area contributed by atoms with Crippen LogP contribution in [0.25, 0.3) is 11.0 Å². The van der Waals surface area contributed by atoms with Crippen molar-refractivity contribution in [3.05, 3.63) is 26.3 Å². The lowest BCUT2D eigenvalue weighted by atomic mass is 10.1. The minimum absolute atomic E-state index is 0.0886. The normalized spacial score (nSPS) is 13.4. The Morgan fingerprint density at radius 2 is 2.16 bits per heavy atom. The van der Waals surface area contributed by atoms with Crippen LogP contribution >= 0.6 is 34.8 Å². The Labute approximate surface area is 130 Å². The van der Waals surface area contributed by atoms with Crippen LogP contribution in [0.1, 0.15) is 19.9 Å². The monoisotopic (exact) mass is 394 g/mol. The molecule has 0 aliphatic rings. The number of aromatic nitrogens is 2. The second-order valence-electron chi connectivity index (χ2n) is 4.85. The lowest BCUT2D eigenvalue weighted by molar-refractivity contribution is 0.134. The Balaban J connectivity index is 2.68. The van der Waals surface area contributed by atoms with E-state index in [2.05, 4.69) is 18.8 Å². The molecule has 0 aliphatic carbocycles. The van der Waals surface area contributed by atoms with Crippen LogP contribution in [0.2, 0.25) is 0 Å². The Bertz CT molecular complexity index is 650. The smallest absolute Gasteiger partial charge is 0.178 e. The van der Waals surface area contributed by atoms with Crippen molar-refractivity contribution < 1.29 is 9.13 Å². The van der Waals surface area contributed by atoms with Gasteiger partial charge in [-0.15, -0.1) is 0 Å². The number of benzene rings is 1. The summed E-state index contributed by atoms with van der Waals surface area (Å²) in [6, 6.07) is 3.40. The number of aromatic amines is 1. The van der Waals surface area contributed by atoms with E-state index in [1.807, 2.05) is 27.2 Å². The highest BCUT2D eigenvalue weighted by molar-refractivity contribution is 14.1. The van der Waals surface area contributed by atoms with Crippen LogP contribution in [-0.4, -0.2) is 23.3 Å². The zero-order valence-corrected chi connectivity index (χ0v) is 14.0. The molecular formula is C13H16FIN2OS. The zero-order valence-electron chi connectivity index (χ0n) is 11.0. The molecule has 0 saturated carbocycles. The molecule has 1 unspecified atom stereocenters. The fraction of sp³-hybridized carbons (Fsp3) is 0.462. The number of hydrogen-bond acceptors (Lipinski definition) is 2. The molecule has 1 aromatic carbocycles. The average Bonchev–Trinajstić information content (AvgIpc) is 2.62. The average molecular weight is 394 g/mol. The van der Waals surface area contributed by atoms with E-state index in [1.54, 1.807) is 13.2 Å². The zero-order chi connectivity index (χ0) is 14.2. The van der Waals surface area contributed by atoms with Gasteiger partial charge in [-0.05, 0) is 46.8 Å². The maximum Gasteiger partial charge on any atom is 0.178 e. The molecule has 1 atom stereocenters. The first kappa shape index (κ1) is 14.9. The van der Waals surface area contributed by atoms with Crippen LogP contribution in [0.3, 0.4) is 0 Å². The van der Waals surface area contributed by atoms with Gasteiger partial charge in [-0.1, -0.05) is 13.8 Å². The first-order valence-corrected chi connectivity index (χ1v) is 7.52. The minimum Gasteiger partial charge on any atom is -0.383 e. The number of fused-ring (bicyclic) bond motifs is 1. The minimum atomic E-state index is -0.226. The first-order chi connectivity index (χ1) is 8.95. The fourth-order valence-corrected chi connectivity index (χ4v) is 3.00. The third-order valence-electron chi connectivity index (χ3n) is 3.20. The summed E-state index contributed by atoms with van der Waals surface area (Å²) in [7, 11) is 1.66. The molecule has 0 aliphatic heterocycles. The standard InChI is InChI=1S/C13H16FIN2OS/c1-7(2)12(6-18-3)17-11-4-8(14)9(15)5-10(11)16-13(17)19/h4-5,7,12H,6H2,1-3H3,(H,16,19). The van der Waals surface area contributed by atoms with Gasteiger partial charge in [-0.2, -0.15) is 0 Å². The maximum absolute atomic E-state index is 13.8. The molecular weight excluding hydrogens is 378 g/mol. The van der Waals surface area contributed by atoms with Crippen molar-refractivity contribution >= 4 is 45.8 Å². The first-order valence-electron chi connectivity index (χ1n) is 6.04. The van der Waals surface area contributed by atoms with Gasteiger partial charge in [-0.25, -0.2) is 4.39 Å². The molecule has 6 heteroatoms. The van der Waals surface area contributed by atoms with Gasteiger partial charge in [0.05, 0.1) is 27.3 Å². The molecule has 104 valence electrons. The van der Waals surface area contributed by atoms with E-state index in [9.17, 15) is 4.39 Å². The van der Waals surface area contributed by atoms with E-state index in [1.165, 1.54) is 6.07 Å². The number of nitrogens with zero attached hydrogens (tertiary/aromatic N) is 1. The number of H-pyrrole nitrogens is 1. The van der Waals surface area contributed by atoms with Crippen molar-refractivity contribution in [2.75, 3.05) is 13.7 Å². The number of methoxy groups -OCH3 is 1. The van der Waals surface area contributed by atoms with E-state index >= 15 is 0 Å². The summed E-state index contributed by atoms with van der Waals surface area (Å²) < 4.78 is 22.2. The van der Waals surface area contributed by atoms with Crippen LogP contribution in [-0.2, 0) is 4.74 Å². The molecule has 0 saturated heterocycles. The summed E-state index contributed by atoms with van der Waals surface area (Å²) in [4.78, 5) is 3.14. The van der Waals surface area contributed by atoms with Gasteiger partial charge in [0.2, 0.25) is 0 Å². The lowest BCUT2D eigenvalue weighted by Crippen LogP contribution is -2.20. The fourth-order valence-electron chi connectivity index (χ4n) is 2.19. The largest absolute Gasteiger partial charge is 0.383 e. The summed E-state index contributed by atoms with van der Waals surface area (Å²) in [5.41, 5.74) is 1.65. The predicted octanol–water partition coefficient (Wildman–Crippen LogP) is 4.29. The summed E-state index contributed by atoms with van der Waals surface area (Å²) in [5, 5.41) is 0. The summed E-state index contributed by atoms with van der Waals surface area (Å²) in [6.07, 6.45) is 0. The van der Waals surface area contributed by atoms with Crippen molar-refractivity contribution in [3.8, 4) is 0 Å². The number of halogens is 2. The Morgan fingerprint density at radius 3 is 2.74 bits per heavy atom. The maximum atomic E-state index is 13.8. The Kier molecular flexibility index (Phi) is 4.62. The highest BCUT2D eigenvalue weighted by atomic mass is 127. The number of nitrogens with one attached hydrogen (secondary N) is 1. The predicted molar refractivity (Wildman–Crippen MR) is 85.5 cm³/mol. The van der Waals surface area contributed by atoms with E-state index in [-0.39, 0.29) is 11.9 Å². The highest BCUT2D eigenvalue weighted by Gasteiger charge is 2.20. The summed E-state index contributed by atoms with van der Waals surface area (Å²) >= 11 is 7.35. The van der Waals surface area contributed by atoms with Gasteiger partial charge in [-0.3, -0.25) is 0 Å². The van der Waals surface area contributed by atoms with Gasteiger partial charge in [0, 0.05) is 13.2 Å². The van der Waals surface area contributed by atoms with Gasteiger partial charge in [0.15, 0.2) is 4.77 Å². The van der Waals surface area contributed by atoms with Crippen molar-refractivity contribution in [1.29, 1.82) is 0 Å². The summed E-state index contributed by atoms with van der Waals surface area (Å²) in [6.45, 7) is 4.76. The molecule has 2 aromatic rings. The van der Waals surface area contributed by atoms with Crippen molar-refractivity contribution in [2.24, 2.45) is 5.92 Å². The van der Waals surface area contributed by atoms with E-state index in [4.69, 9.17) is 17.0 Å². The SMILES string of the molecule is COCC(C(C)C)n1c(=S)[nH]c2cc(I)c(F)cc21. The summed E-state index contributed by atoms with van der Waals surface area (Å²) in [5.74, 6) is 0.115. The van der Waals surface area contributed by atoms with Gasteiger partial charge >= 0.3 is 0 Å². The van der Waals surface area contributed by atoms with Gasteiger partial charge < -0.3 is 14.3 Å². The third-order valence-corrected chi connectivity index (χ3v) is 4.32. The molecule has 1 N–H and O–H groups in total. The quantitative estimate of drug-likeness (QED) is 0.620. The molecule has 19 heavy (non-hydrogen) atoms. The van der Waals surface area contributed by atoms with Crippen LogP contribution in [0, 0.1) is 20.1 Å². The van der Waals surface area contributed by atoms with Crippen LogP contribution in [0.5, 0.6) is 0 Å². The number of rotatable bonds is 4. The van der Waals surface area contributed by atoms with Crippen LogP contribution < -0.4 is 0 Å². The van der Waals surface area contributed by atoms with Crippen molar-refractivity contribution in [2.45, 2.75) is 19.9 Å². The van der Waals surface area contributed by atoms with E-state index < -0.39 is 0 Å². The third kappa shape index (κ3) is 2.85. The topological polar surface area (TPSA) is 29.9 Å². The van der Waals surface area contributed by atoms with Crippen molar-refractivity contribution in [1.82, 2.24) is 9.55 Å². The molecule has 2 rings (SSSR count). The van der Waals surface area contributed by atoms with Gasteiger partial charge in [0.1, 0.15) is 5.82 Å². The molecule has 0 fully saturated rings. The van der Waals surface area contributed by atoms with Crippen LogP contribution in [0.4, 0.5) is 4.39 Å². The molecule has 0 spiro atoms. The van der Waals surface area contributed by atoms with E-state index in [0.717, 1.165) is 11.0 Å². The molecule has 1 heterocycles. The lowest BCUT2D eigenvalue weighted by Gasteiger charge is -2.22. The second kappa shape index (κ2) is 5.88. The van der Waals surface area contributed by atoms with Crippen molar-refractivity contribution in [3.63, 3.8) is 0 Å².